The molecule has 0 aliphatic rings. The highest BCUT2D eigenvalue weighted by Crippen LogP contribution is 2.15. The molecule has 0 radical (unpaired) electrons. The number of nitrogens with zero attached hydrogens (tertiary/aromatic N) is 1. The molecule has 1 unspecified atom stereocenters. The summed E-state index contributed by atoms with van der Waals surface area (Å²) in [7, 11) is 1.61. The molecule has 0 aliphatic carbocycles. The van der Waals surface area contributed by atoms with Gasteiger partial charge in [-0.15, -0.1) is 0 Å². The summed E-state index contributed by atoms with van der Waals surface area (Å²) in [6.07, 6.45) is 3.39. The lowest BCUT2D eigenvalue weighted by Gasteiger charge is -2.23. The van der Waals surface area contributed by atoms with Crippen molar-refractivity contribution in [1.29, 1.82) is 0 Å². The van der Waals surface area contributed by atoms with Crippen LogP contribution in [0.5, 0.6) is 5.75 Å². The molecular weight excluding hydrogens is 204 g/mol. The number of anilines is 1. The van der Waals surface area contributed by atoms with Crippen molar-refractivity contribution < 1.29 is 9.84 Å². The number of aromatic nitrogens is 1. The minimum absolute atomic E-state index is 0.500. The molecule has 0 amide bonds. The molecule has 1 rings (SSSR count). The highest BCUT2D eigenvalue weighted by Gasteiger charge is 2.18. The molecule has 0 bridgehead atoms. The lowest BCUT2D eigenvalue weighted by Crippen LogP contribution is -2.33. The Morgan fingerprint density at radius 3 is 2.75 bits per heavy atom. The molecular formula is C12H20N2O2. The second kappa shape index (κ2) is 5.70. The zero-order valence-corrected chi connectivity index (χ0v) is 10.2. The fraction of sp³-hybridized carbons (Fsp3) is 0.583. The van der Waals surface area contributed by atoms with Crippen molar-refractivity contribution in [3.05, 3.63) is 18.3 Å². The van der Waals surface area contributed by atoms with Crippen LogP contribution in [0.4, 0.5) is 5.82 Å². The van der Waals surface area contributed by atoms with Gasteiger partial charge in [0, 0.05) is 6.54 Å². The third-order valence-electron chi connectivity index (χ3n) is 2.41. The van der Waals surface area contributed by atoms with Crippen LogP contribution < -0.4 is 10.1 Å². The number of aliphatic hydroxyl groups is 1. The van der Waals surface area contributed by atoms with Gasteiger partial charge in [0.2, 0.25) is 0 Å². The van der Waals surface area contributed by atoms with Crippen molar-refractivity contribution in [1.82, 2.24) is 4.98 Å². The van der Waals surface area contributed by atoms with Gasteiger partial charge in [-0.25, -0.2) is 4.98 Å². The smallest absolute Gasteiger partial charge is 0.137 e. The molecule has 0 aromatic carbocycles. The van der Waals surface area contributed by atoms with Crippen molar-refractivity contribution in [2.45, 2.75) is 32.3 Å². The Kier molecular flexibility index (Phi) is 4.55. The van der Waals surface area contributed by atoms with E-state index in [0.29, 0.717) is 6.54 Å². The van der Waals surface area contributed by atoms with Gasteiger partial charge in [-0.3, -0.25) is 0 Å². The zero-order valence-electron chi connectivity index (χ0n) is 10.2. The first-order valence-electron chi connectivity index (χ1n) is 5.53. The van der Waals surface area contributed by atoms with Gasteiger partial charge in [0.25, 0.3) is 0 Å². The number of nitrogens with one attached hydrogen (secondary N) is 1. The monoisotopic (exact) mass is 224 g/mol. The van der Waals surface area contributed by atoms with Crippen molar-refractivity contribution in [3.8, 4) is 5.75 Å². The van der Waals surface area contributed by atoms with E-state index in [1.807, 2.05) is 19.1 Å². The van der Waals surface area contributed by atoms with Crippen LogP contribution in [0, 0.1) is 0 Å². The van der Waals surface area contributed by atoms with Crippen LogP contribution >= 0.6 is 0 Å². The molecule has 4 heteroatoms. The minimum Gasteiger partial charge on any atom is -0.495 e. The first-order valence-corrected chi connectivity index (χ1v) is 5.53. The van der Waals surface area contributed by atoms with Crippen LogP contribution in [-0.2, 0) is 0 Å². The predicted molar refractivity (Wildman–Crippen MR) is 64.8 cm³/mol. The number of pyridine rings is 1. The van der Waals surface area contributed by atoms with Crippen molar-refractivity contribution >= 4 is 5.82 Å². The largest absolute Gasteiger partial charge is 0.495 e. The first-order chi connectivity index (χ1) is 7.57. The van der Waals surface area contributed by atoms with E-state index in [1.54, 1.807) is 13.3 Å². The quantitative estimate of drug-likeness (QED) is 0.776. The summed E-state index contributed by atoms with van der Waals surface area (Å²) in [4.78, 5) is 4.17. The Morgan fingerprint density at radius 2 is 2.25 bits per heavy atom. The van der Waals surface area contributed by atoms with Gasteiger partial charge in [-0.05, 0) is 25.5 Å². The van der Waals surface area contributed by atoms with Gasteiger partial charge in [0.1, 0.15) is 11.6 Å². The summed E-state index contributed by atoms with van der Waals surface area (Å²) in [5.41, 5.74) is -0.684. The van der Waals surface area contributed by atoms with Crippen LogP contribution in [0.25, 0.3) is 0 Å². The number of ether oxygens (including phenoxy) is 1. The number of hydrogen-bond donors (Lipinski definition) is 2. The fourth-order valence-corrected chi connectivity index (χ4v) is 1.51. The maximum atomic E-state index is 9.96. The van der Waals surface area contributed by atoms with E-state index in [1.165, 1.54) is 0 Å². The summed E-state index contributed by atoms with van der Waals surface area (Å²) >= 11 is 0. The molecule has 0 saturated heterocycles. The first kappa shape index (κ1) is 12.8. The van der Waals surface area contributed by atoms with Crippen LogP contribution in [0.15, 0.2) is 18.3 Å². The third-order valence-corrected chi connectivity index (χ3v) is 2.41. The summed E-state index contributed by atoms with van der Waals surface area (Å²) in [6.45, 7) is 4.38. The fourth-order valence-electron chi connectivity index (χ4n) is 1.51. The van der Waals surface area contributed by atoms with Gasteiger partial charge in [0.15, 0.2) is 0 Å². The van der Waals surface area contributed by atoms with E-state index in [2.05, 4.69) is 17.2 Å². The van der Waals surface area contributed by atoms with Crippen LogP contribution in [0.2, 0.25) is 0 Å². The van der Waals surface area contributed by atoms with Crippen molar-refractivity contribution in [2.75, 3.05) is 19.0 Å². The van der Waals surface area contributed by atoms with E-state index < -0.39 is 5.60 Å². The molecule has 16 heavy (non-hydrogen) atoms. The Labute approximate surface area is 96.7 Å². The Hall–Kier alpha value is -1.29. The standard InChI is InChI=1S/C12H20N2O2/c1-4-7-12(2,15)9-14-11-6-5-10(16-3)8-13-11/h5-6,8,15H,4,7,9H2,1-3H3,(H,13,14). The summed E-state index contributed by atoms with van der Waals surface area (Å²) in [5, 5.41) is 13.1. The summed E-state index contributed by atoms with van der Waals surface area (Å²) in [6, 6.07) is 3.67. The predicted octanol–water partition coefficient (Wildman–Crippen LogP) is 2.05. The zero-order chi connectivity index (χ0) is 12.0. The number of methoxy groups -OCH3 is 1. The average molecular weight is 224 g/mol. The number of rotatable bonds is 6. The molecule has 90 valence electrons. The molecule has 1 atom stereocenters. The van der Waals surface area contributed by atoms with Gasteiger partial charge in [-0.2, -0.15) is 0 Å². The van der Waals surface area contributed by atoms with Gasteiger partial charge >= 0.3 is 0 Å². The topological polar surface area (TPSA) is 54.4 Å². The molecule has 1 aromatic heterocycles. The molecule has 0 spiro atoms. The summed E-state index contributed by atoms with van der Waals surface area (Å²) in [5.74, 6) is 1.48. The highest BCUT2D eigenvalue weighted by atomic mass is 16.5. The van der Waals surface area contributed by atoms with E-state index in [-0.39, 0.29) is 0 Å². The Morgan fingerprint density at radius 1 is 1.50 bits per heavy atom. The molecule has 0 aliphatic heterocycles. The molecule has 4 nitrogen and oxygen atoms in total. The average Bonchev–Trinajstić information content (AvgIpc) is 2.27. The maximum absolute atomic E-state index is 9.96. The molecule has 1 heterocycles. The normalized spacial score (nSPS) is 14.2. The Bertz CT molecular complexity index is 309. The van der Waals surface area contributed by atoms with Gasteiger partial charge in [-0.1, -0.05) is 13.3 Å². The van der Waals surface area contributed by atoms with Gasteiger partial charge in [0.05, 0.1) is 18.9 Å². The second-order valence-corrected chi connectivity index (χ2v) is 4.18. The second-order valence-electron chi connectivity index (χ2n) is 4.18. The van der Waals surface area contributed by atoms with Crippen LogP contribution in [0.3, 0.4) is 0 Å². The summed E-state index contributed by atoms with van der Waals surface area (Å²) < 4.78 is 5.01. The Balaban J connectivity index is 2.48. The SMILES string of the molecule is CCCC(C)(O)CNc1ccc(OC)cn1. The molecule has 1 aromatic rings. The van der Waals surface area contributed by atoms with E-state index >= 15 is 0 Å². The molecule has 0 fully saturated rings. The lowest BCUT2D eigenvalue weighted by atomic mass is 10.0. The minimum atomic E-state index is -0.684. The van der Waals surface area contributed by atoms with E-state index in [9.17, 15) is 5.11 Å². The maximum Gasteiger partial charge on any atom is 0.137 e. The van der Waals surface area contributed by atoms with Crippen LogP contribution in [0.1, 0.15) is 26.7 Å². The molecule has 0 saturated carbocycles. The van der Waals surface area contributed by atoms with Crippen molar-refractivity contribution in [3.63, 3.8) is 0 Å². The van der Waals surface area contributed by atoms with Crippen LogP contribution in [-0.4, -0.2) is 29.3 Å². The lowest BCUT2D eigenvalue weighted by molar-refractivity contribution is 0.0636. The van der Waals surface area contributed by atoms with Crippen molar-refractivity contribution in [2.24, 2.45) is 0 Å². The number of hydrogen-bond acceptors (Lipinski definition) is 4. The highest BCUT2D eigenvalue weighted by molar-refractivity contribution is 5.37. The molecule has 2 N–H and O–H groups in total. The third kappa shape index (κ3) is 4.06. The van der Waals surface area contributed by atoms with E-state index in [0.717, 1.165) is 24.4 Å². The van der Waals surface area contributed by atoms with E-state index in [4.69, 9.17) is 4.74 Å². The van der Waals surface area contributed by atoms with Gasteiger partial charge < -0.3 is 15.2 Å².